The second-order valence-corrected chi connectivity index (χ2v) is 7.13. The maximum atomic E-state index is 12.6. The largest absolute Gasteiger partial charge is 0.339 e. The fourth-order valence-electron chi connectivity index (χ4n) is 3.70. The molecule has 1 unspecified atom stereocenters. The standard InChI is InChI=1S/C19H24N6O2.ClH/c26-18(17-13-25(23-22-17)15-6-9-20-10-7-15)21-16-8-11-24(19(16)27)12-14-4-2-1-3-5-14;/h1-5,13,15-16,20H,6-12H2,(H,21,26);1H. The Bertz CT molecular complexity index is 806. The number of piperidine rings is 1. The second-order valence-electron chi connectivity index (χ2n) is 7.13. The van der Waals surface area contributed by atoms with Crippen molar-refractivity contribution in [3.63, 3.8) is 0 Å². The van der Waals surface area contributed by atoms with Crippen LogP contribution in [0.3, 0.4) is 0 Å². The lowest BCUT2D eigenvalue weighted by Crippen LogP contribution is -2.41. The molecule has 2 aliphatic heterocycles. The summed E-state index contributed by atoms with van der Waals surface area (Å²) < 4.78 is 1.77. The summed E-state index contributed by atoms with van der Waals surface area (Å²) in [5.41, 5.74) is 1.35. The molecule has 4 rings (SSSR count). The van der Waals surface area contributed by atoms with Gasteiger partial charge in [0.25, 0.3) is 5.91 Å². The van der Waals surface area contributed by atoms with E-state index >= 15 is 0 Å². The van der Waals surface area contributed by atoms with E-state index in [2.05, 4.69) is 20.9 Å². The molecule has 0 spiro atoms. The van der Waals surface area contributed by atoms with Crippen LogP contribution in [0.2, 0.25) is 0 Å². The Labute approximate surface area is 170 Å². The molecule has 1 aromatic carbocycles. The molecule has 2 N–H and O–H groups in total. The summed E-state index contributed by atoms with van der Waals surface area (Å²) in [6.07, 6.45) is 4.24. The number of aromatic nitrogens is 3. The van der Waals surface area contributed by atoms with Gasteiger partial charge in [-0.25, -0.2) is 4.68 Å². The molecular formula is C19H25ClN6O2. The van der Waals surface area contributed by atoms with Gasteiger partial charge in [0.1, 0.15) is 6.04 Å². The van der Waals surface area contributed by atoms with E-state index in [4.69, 9.17) is 0 Å². The van der Waals surface area contributed by atoms with Gasteiger partial charge in [-0.2, -0.15) is 0 Å². The summed E-state index contributed by atoms with van der Waals surface area (Å²) in [6.45, 7) is 3.10. The highest BCUT2D eigenvalue weighted by molar-refractivity contribution is 5.96. The van der Waals surface area contributed by atoms with Crippen LogP contribution < -0.4 is 10.6 Å². The second kappa shape index (κ2) is 9.16. The van der Waals surface area contributed by atoms with Crippen LogP contribution in [0.4, 0.5) is 0 Å². The summed E-state index contributed by atoms with van der Waals surface area (Å²) in [5.74, 6) is -0.381. The van der Waals surface area contributed by atoms with Crippen LogP contribution in [-0.2, 0) is 11.3 Å². The number of likely N-dealkylation sites (tertiary alicyclic amines) is 1. The molecule has 0 radical (unpaired) electrons. The SMILES string of the molecule is Cl.O=C(NC1CCN(Cc2ccccc2)C1=O)c1cn(C2CCNCC2)nn1. The van der Waals surface area contributed by atoms with Crippen LogP contribution in [0.5, 0.6) is 0 Å². The predicted octanol–water partition coefficient (Wildman–Crippen LogP) is 1.16. The monoisotopic (exact) mass is 404 g/mol. The molecule has 0 saturated carbocycles. The van der Waals surface area contributed by atoms with Crippen LogP contribution in [0.25, 0.3) is 0 Å². The minimum Gasteiger partial charge on any atom is -0.339 e. The van der Waals surface area contributed by atoms with Crippen molar-refractivity contribution in [2.24, 2.45) is 0 Å². The Morgan fingerprint density at radius 3 is 2.68 bits per heavy atom. The number of carbonyl (C=O) groups excluding carboxylic acids is 2. The normalized spacial score (nSPS) is 20.1. The molecule has 2 aromatic rings. The van der Waals surface area contributed by atoms with Gasteiger partial charge in [0.15, 0.2) is 5.69 Å². The quantitative estimate of drug-likeness (QED) is 0.780. The molecule has 1 atom stereocenters. The first-order valence-electron chi connectivity index (χ1n) is 9.47. The first-order chi connectivity index (χ1) is 13.2. The lowest BCUT2D eigenvalue weighted by Gasteiger charge is -2.22. The molecule has 2 fully saturated rings. The third kappa shape index (κ3) is 4.51. The number of nitrogens with one attached hydrogen (secondary N) is 2. The predicted molar refractivity (Wildman–Crippen MR) is 106 cm³/mol. The molecular weight excluding hydrogens is 380 g/mol. The van der Waals surface area contributed by atoms with Gasteiger partial charge in [-0.1, -0.05) is 35.5 Å². The highest BCUT2D eigenvalue weighted by Crippen LogP contribution is 2.18. The van der Waals surface area contributed by atoms with Crippen molar-refractivity contribution < 1.29 is 9.59 Å². The Morgan fingerprint density at radius 2 is 1.93 bits per heavy atom. The molecule has 28 heavy (non-hydrogen) atoms. The lowest BCUT2D eigenvalue weighted by molar-refractivity contribution is -0.129. The van der Waals surface area contributed by atoms with Crippen molar-refractivity contribution in [2.75, 3.05) is 19.6 Å². The first kappa shape index (κ1) is 20.3. The Morgan fingerprint density at radius 1 is 1.18 bits per heavy atom. The van der Waals surface area contributed by atoms with E-state index in [1.807, 2.05) is 30.3 Å². The molecule has 2 saturated heterocycles. The van der Waals surface area contributed by atoms with E-state index in [0.717, 1.165) is 31.5 Å². The molecule has 3 heterocycles. The maximum Gasteiger partial charge on any atom is 0.274 e. The summed E-state index contributed by atoms with van der Waals surface area (Å²) in [5, 5.41) is 14.2. The fraction of sp³-hybridized carbons (Fsp3) is 0.474. The van der Waals surface area contributed by atoms with Crippen LogP contribution >= 0.6 is 12.4 Å². The van der Waals surface area contributed by atoms with Crippen molar-refractivity contribution in [3.8, 4) is 0 Å². The maximum absolute atomic E-state index is 12.6. The molecule has 0 bridgehead atoms. The van der Waals surface area contributed by atoms with Crippen molar-refractivity contribution in [3.05, 3.63) is 47.8 Å². The van der Waals surface area contributed by atoms with Gasteiger partial charge in [-0.15, -0.1) is 17.5 Å². The topological polar surface area (TPSA) is 92.2 Å². The van der Waals surface area contributed by atoms with Gasteiger partial charge in [0.05, 0.1) is 12.2 Å². The van der Waals surface area contributed by atoms with Crippen LogP contribution in [-0.4, -0.2) is 57.4 Å². The van der Waals surface area contributed by atoms with Crippen molar-refractivity contribution in [1.29, 1.82) is 0 Å². The van der Waals surface area contributed by atoms with Gasteiger partial charge in [0, 0.05) is 13.1 Å². The highest BCUT2D eigenvalue weighted by Gasteiger charge is 2.33. The minimum absolute atomic E-state index is 0. The first-order valence-corrected chi connectivity index (χ1v) is 9.47. The Balaban J connectivity index is 0.00000225. The third-order valence-electron chi connectivity index (χ3n) is 5.24. The number of hydrogen-bond donors (Lipinski definition) is 2. The zero-order valence-corrected chi connectivity index (χ0v) is 16.4. The number of benzene rings is 1. The van der Waals surface area contributed by atoms with E-state index in [1.54, 1.807) is 15.8 Å². The zero-order valence-electron chi connectivity index (χ0n) is 15.6. The summed E-state index contributed by atoms with van der Waals surface area (Å²) in [7, 11) is 0. The molecule has 2 amide bonds. The van der Waals surface area contributed by atoms with E-state index in [9.17, 15) is 9.59 Å². The smallest absolute Gasteiger partial charge is 0.274 e. The van der Waals surface area contributed by atoms with Gasteiger partial charge in [-0.05, 0) is 37.9 Å². The molecule has 8 nitrogen and oxygen atoms in total. The molecule has 150 valence electrons. The zero-order chi connectivity index (χ0) is 18.6. The Kier molecular flexibility index (Phi) is 6.64. The molecule has 2 aliphatic rings. The van der Waals surface area contributed by atoms with E-state index in [-0.39, 0.29) is 36.0 Å². The van der Waals surface area contributed by atoms with Gasteiger partial charge < -0.3 is 15.5 Å². The fourth-order valence-corrected chi connectivity index (χ4v) is 3.70. The van der Waals surface area contributed by atoms with Crippen molar-refractivity contribution in [2.45, 2.75) is 37.9 Å². The lowest BCUT2D eigenvalue weighted by atomic mass is 10.1. The minimum atomic E-state index is -0.495. The van der Waals surface area contributed by atoms with Crippen molar-refractivity contribution >= 4 is 24.2 Å². The van der Waals surface area contributed by atoms with E-state index in [1.165, 1.54) is 0 Å². The summed E-state index contributed by atoms with van der Waals surface area (Å²) >= 11 is 0. The van der Waals surface area contributed by atoms with Crippen LogP contribution in [0.1, 0.15) is 41.4 Å². The number of amides is 2. The third-order valence-corrected chi connectivity index (χ3v) is 5.24. The van der Waals surface area contributed by atoms with E-state index < -0.39 is 6.04 Å². The van der Waals surface area contributed by atoms with Gasteiger partial charge in [-0.3, -0.25) is 9.59 Å². The summed E-state index contributed by atoms with van der Waals surface area (Å²) in [6, 6.07) is 9.65. The number of rotatable bonds is 5. The molecule has 1 aromatic heterocycles. The number of halogens is 1. The Hall–Kier alpha value is -2.45. The molecule has 9 heteroatoms. The van der Waals surface area contributed by atoms with Gasteiger partial charge >= 0.3 is 0 Å². The van der Waals surface area contributed by atoms with Gasteiger partial charge in [0.2, 0.25) is 5.91 Å². The number of hydrogen-bond acceptors (Lipinski definition) is 5. The number of carbonyl (C=O) groups is 2. The highest BCUT2D eigenvalue weighted by atomic mass is 35.5. The summed E-state index contributed by atoms with van der Waals surface area (Å²) in [4.78, 5) is 26.9. The van der Waals surface area contributed by atoms with Crippen LogP contribution in [0, 0.1) is 0 Å². The average Bonchev–Trinajstić information content (AvgIpc) is 3.33. The molecule has 0 aliphatic carbocycles. The van der Waals surface area contributed by atoms with E-state index in [0.29, 0.717) is 19.5 Å². The van der Waals surface area contributed by atoms with Crippen LogP contribution in [0.15, 0.2) is 36.5 Å². The van der Waals surface area contributed by atoms with Crippen molar-refractivity contribution in [1.82, 2.24) is 30.5 Å². The average molecular weight is 405 g/mol. The number of nitrogens with zero attached hydrogens (tertiary/aromatic N) is 4.